The Hall–Kier alpha value is -0.490. The first kappa shape index (κ1) is 12.0. The molecule has 1 aromatic carbocycles. The van der Waals surface area contributed by atoms with Crippen LogP contribution in [0.4, 0.5) is 0 Å². The Kier molecular flexibility index (Phi) is 3.91. The number of halogens is 1. The first-order chi connectivity index (χ1) is 7.72. The molecule has 5 heteroatoms. The van der Waals surface area contributed by atoms with Crippen molar-refractivity contribution in [3.05, 3.63) is 27.7 Å². The number of hydrogen-bond donors (Lipinski definition) is 1. The lowest BCUT2D eigenvalue weighted by Gasteiger charge is -2.09. The summed E-state index contributed by atoms with van der Waals surface area (Å²) in [5.41, 5.74) is 6.62. The fourth-order valence-electron chi connectivity index (χ4n) is 1.49. The molecule has 0 aliphatic carbocycles. The van der Waals surface area contributed by atoms with E-state index in [-0.39, 0.29) is 6.10 Å². The predicted octanol–water partition coefficient (Wildman–Crippen LogP) is 2.58. The highest BCUT2D eigenvalue weighted by molar-refractivity contribution is 9.10. The van der Waals surface area contributed by atoms with Gasteiger partial charge in [-0.3, -0.25) is 0 Å². The van der Waals surface area contributed by atoms with Crippen LogP contribution >= 0.6 is 27.3 Å². The minimum Gasteiger partial charge on any atom is -0.380 e. The molecule has 1 atom stereocenters. The van der Waals surface area contributed by atoms with E-state index in [0.717, 1.165) is 21.4 Å². The van der Waals surface area contributed by atoms with Crippen LogP contribution in [0.5, 0.6) is 0 Å². The quantitative estimate of drug-likeness (QED) is 0.944. The normalized spacial score (nSPS) is 13.2. The zero-order valence-corrected chi connectivity index (χ0v) is 11.3. The van der Waals surface area contributed by atoms with Gasteiger partial charge in [-0.25, -0.2) is 4.98 Å². The summed E-state index contributed by atoms with van der Waals surface area (Å²) in [4.78, 5) is 4.56. The Morgan fingerprint density at radius 1 is 1.56 bits per heavy atom. The maximum Gasteiger partial charge on any atom is 0.0964 e. The van der Waals surface area contributed by atoms with E-state index in [1.54, 1.807) is 18.4 Å². The average molecular weight is 301 g/mol. The first-order valence-electron chi connectivity index (χ1n) is 5.00. The van der Waals surface area contributed by atoms with E-state index in [4.69, 9.17) is 10.5 Å². The minimum absolute atomic E-state index is 0.0593. The molecule has 0 fully saturated rings. The molecule has 3 nitrogen and oxygen atoms in total. The van der Waals surface area contributed by atoms with Gasteiger partial charge in [0, 0.05) is 24.5 Å². The minimum atomic E-state index is 0.0593. The highest BCUT2D eigenvalue weighted by Crippen LogP contribution is 2.25. The lowest BCUT2D eigenvalue weighted by molar-refractivity contribution is 0.110. The van der Waals surface area contributed by atoms with E-state index < -0.39 is 0 Å². The lowest BCUT2D eigenvalue weighted by Crippen LogP contribution is -2.24. The number of methoxy groups -OCH3 is 1. The fraction of sp³-hybridized carbons (Fsp3) is 0.364. The molecule has 0 spiro atoms. The average Bonchev–Trinajstić information content (AvgIpc) is 2.67. The Bertz CT molecular complexity index is 482. The van der Waals surface area contributed by atoms with E-state index in [9.17, 15) is 0 Å². The van der Waals surface area contributed by atoms with Crippen molar-refractivity contribution in [2.45, 2.75) is 12.5 Å². The van der Waals surface area contributed by atoms with Crippen LogP contribution in [0.15, 0.2) is 22.7 Å². The monoisotopic (exact) mass is 300 g/mol. The van der Waals surface area contributed by atoms with Gasteiger partial charge in [0.2, 0.25) is 0 Å². The molecule has 2 rings (SSSR count). The van der Waals surface area contributed by atoms with Crippen LogP contribution in [-0.4, -0.2) is 24.7 Å². The van der Waals surface area contributed by atoms with Crippen LogP contribution in [-0.2, 0) is 11.2 Å². The summed E-state index contributed by atoms with van der Waals surface area (Å²) in [6.07, 6.45) is 0.841. The summed E-state index contributed by atoms with van der Waals surface area (Å²) in [6, 6.07) is 6.13. The largest absolute Gasteiger partial charge is 0.380 e. The third kappa shape index (κ3) is 2.60. The third-order valence-corrected chi connectivity index (χ3v) is 3.94. The van der Waals surface area contributed by atoms with Gasteiger partial charge in [-0.05, 0) is 18.2 Å². The molecule has 2 aromatic rings. The van der Waals surface area contributed by atoms with Crippen molar-refractivity contribution in [3.8, 4) is 0 Å². The van der Waals surface area contributed by atoms with Gasteiger partial charge in [0.05, 0.1) is 21.3 Å². The van der Waals surface area contributed by atoms with E-state index in [2.05, 4.69) is 27.0 Å². The molecular weight excluding hydrogens is 288 g/mol. The second-order valence-corrected chi connectivity index (χ2v) is 5.55. The van der Waals surface area contributed by atoms with Crippen molar-refractivity contribution in [2.75, 3.05) is 13.7 Å². The maximum atomic E-state index is 5.59. The van der Waals surface area contributed by atoms with Crippen molar-refractivity contribution in [2.24, 2.45) is 5.73 Å². The Balaban J connectivity index is 2.25. The Morgan fingerprint density at radius 2 is 2.38 bits per heavy atom. The predicted molar refractivity (Wildman–Crippen MR) is 70.9 cm³/mol. The highest BCUT2D eigenvalue weighted by Gasteiger charge is 2.10. The van der Waals surface area contributed by atoms with Gasteiger partial charge in [0.25, 0.3) is 0 Å². The van der Waals surface area contributed by atoms with Gasteiger partial charge >= 0.3 is 0 Å². The Labute approximate surface area is 107 Å². The summed E-state index contributed by atoms with van der Waals surface area (Å²) in [6.45, 7) is 0.524. The molecule has 0 aliphatic rings. The molecule has 0 aliphatic heterocycles. The summed E-state index contributed by atoms with van der Waals surface area (Å²) < 4.78 is 7.51. The van der Waals surface area contributed by atoms with Gasteiger partial charge in [-0.2, -0.15) is 0 Å². The summed E-state index contributed by atoms with van der Waals surface area (Å²) in [7, 11) is 1.68. The van der Waals surface area contributed by atoms with Crippen LogP contribution < -0.4 is 5.73 Å². The molecule has 0 saturated carbocycles. The number of ether oxygens (including phenoxy) is 1. The third-order valence-electron chi connectivity index (χ3n) is 2.39. The highest BCUT2D eigenvalue weighted by atomic mass is 79.9. The SMILES string of the molecule is COC(CN)Cc1nc2cc(Br)ccc2s1. The lowest BCUT2D eigenvalue weighted by atomic mass is 10.2. The molecule has 1 aromatic heterocycles. The molecule has 16 heavy (non-hydrogen) atoms. The molecule has 0 saturated heterocycles. The first-order valence-corrected chi connectivity index (χ1v) is 6.61. The second-order valence-electron chi connectivity index (χ2n) is 3.52. The van der Waals surface area contributed by atoms with Crippen molar-refractivity contribution in [3.63, 3.8) is 0 Å². The number of fused-ring (bicyclic) bond motifs is 1. The summed E-state index contributed by atoms with van der Waals surface area (Å²) >= 11 is 5.14. The number of thiazole rings is 1. The summed E-state index contributed by atoms with van der Waals surface area (Å²) in [5, 5.41) is 1.07. The van der Waals surface area contributed by atoms with Gasteiger partial charge in [-0.1, -0.05) is 15.9 Å². The number of aromatic nitrogens is 1. The standard InChI is InChI=1S/C11H13BrN2OS/c1-15-8(6-13)5-11-14-9-4-7(12)2-3-10(9)16-11/h2-4,8H,5-6,13H2,1H3. The van der Waals surface area contributed by atoms with Gasteiger partial charge in [0.1, 0.15) is 0 Å². The van der Waals surface area contributed by atoms with E-state index in [1.165, 1.54) is 4.70 Å². The molecule has 1 heterocycles. The van der Waals surface area contributed by atoms with Gasteiger partial charge in [0.15, 0.2) is 0 Å². The smallest absolute Gasteiger partial charge is 0.0964 e. The number of nitrogens with zero attached hydrogens (tertiary/aromatic N) is 1. The molecule has 1 unspecified atom stereocenters. The number of hydrogen-bond acceptors (Lipinski definition) is 4. The van der Waals surface area contributed by atoms with Crippen molar-refractivity contribution >= 4 is 37.5 Å². The van der Waals surface area contributed by atoms with Crippen LogP contribution in [0.1, 0.15) is 5.01 Å². The van der Waals surface area contributed by atoms with Crippen molar-refractivity contribution < 1.29 is 4.74 Å². The molecule has 0 radical (unpaired) electrons. The molecule has 86 valence electrons. The summed E-state index contributed by atoms with van der Waals surface area (Å²) in [5.74, 6) is 0. The number of benzene rings is 1. The number of rotatable bonds is 4. The number of nitrogens with two attached hydrogens (primary N) is 1. The van der Waals surface area contributed by atoms with Crippen LogP contribution in [0.25, 0.3) is 10.2 Å². The van der Waals surface area contributed by atoms with Gasteiger partial charge < -0.3 is 10.5 Å². The van der Waals surface area contributed by atoms with E-state index >= 15 is 0 Å². The van der Waals surface area contributed by atoms with E-state index in [0.29, 0.717) is 6.54 Å². The molecule has 0 bridgehead atoms. The van der Waals surface area contributed by atoms with Gasteiger partial charge in [-0.15, -0.1) is 11.3 Å². The topological polar surface area (TPSA) is 48.1 Å². The Morgan fingerprint density at radius 3 is 3.06 bits per heavy atom. The zero-order chi connectivity index (χ0) is 11.5. The fourth-order valence-corrected chi connectivity index (χ4v) is 2.85. The van der Waals surface area contributed by atoms with E-state index in [1.807, 2.05) is 12.1 Å². The van der Waals surface area contributed by atoms with Crippen LogP contribution in [0.3, 0.4) is 0 Å². The van der Waals surface area contributed by atoms with Crippen LogP contribution in [0, 0.1) is 0 Å². The molecule has 2 N–H and O–H groups in total. The van der Waals surface area contributed by atoms with Crippen molar-refractivity contribution in [1.29, 1.82) is 0 Å². The maximum absolute atomic E-state index is 5.59. The molecule has 0 amide bonds. The van der Waals surface area contributed by atoms with Crippen molar-refractivity contribution in [1.82, 2.24) is 4.98 Å². The second kappa shape index (κ2) is 5.23. The van der Waals surface area contributed by atoms with Crippen LogP contribution in [0.2, 0.25) is 0 Å². The molecular formula is C11H13BrN2OS. The zero-order valence-electron chi connectivity index (χ0n) is 8.94.